The Bertz CT molecular complexity index is 817. The zero-order valence-electron chi connectivity index (χ0n) is 15.5. The summed E-state index contributed by atoms with van der Waals surface area (Å²) in [6.07, 6.45) is 1.80. The lowest BCUT2D eigenvalue weighted by atomic mass is 10.3. The molecule has 27 heavy (non-hydrogen) atoms. The summed E-state index contributed by atoms with van der Waals surface area (Å²) >= 11 is 0. The average Bonchev–Trinajstić information content (AvgIpc) is 2.72. The van der Waals surface area contributed by atoms with Crippen molar-refractivity contribution in [1.82, 2.24) is 0 Å². The molecule has 3 rings (SSSR count). The number of hydrogen-bond acceptors (Lipinski definition) is 4. The van der Waals surface area contributed by atoms with E-state index in [4.69, 9.17) is 18.9 Å². The number of para-hydroxylation sites is 3. The molecule has 0 radical (unpaired) electrons. The number of hydrogen-bond donors (Lipinski definition) is 0. The molecule has 0 saturated carbocycles. The Hall–Kier alpha value is -3.14. The largest absolute Gasteiger partial charge is 0.493 e. The van der Waals surface area contributed by atoms with Gasteiger partial charge in [0, 0.05) is 6.07 Å². The quantitative estimate of drug-likeness (QED) is 0.431. The van der Waals surface area contributed by atoms with Crippen LogP contribution in [0.3, 0.4) is 0 Å². The Morgan fingerprint density at radius 1 is 0.593 bits per heavy atom. The molecular formula is C23H24O4. The molecule has 0 heterocycles. The summed E-state index contributed by atoms with van der Waals surface area (Å²) < 4.78 is 22.7. The summed E-state index contributed by atoms with van der Waals surface area (Å²) in [6.45, 7) is 1.25. The van der Waals surface area contributed by atoms with Crippen LogP contribution in [0.5, 0.6) is 28.7 Å². The Morgan fingerprint density at radius 3 is 2.00 bits per heavy atom. The fourth-order valence-electron chi connectivity index (χ4n) is 2.57. The lowest BCUT2D eigenvalue weighted by Crippen LogP contribution is -2.03. The Labute approximate surface area is 160 Å². The van der Waals surface area contributed by atoms with E-state index < -0.39 is 0 Å². The lowest BCUT2D eigenvalue weighted by molar-refractivity contribution is 0.258. The third-order valence-corrected chi connectivity index (χ3v) is 3.92. The molecule has 0 aliphatic carbocycles. The van der Waals surface area contributed by atoms with Crippen molar-refractivity contribution in [2.24, 2.45) is 0 Å². The molecule has 4 heteroatoms. The van der Waals surface area contributed by atoms with E-state index in [1.165, 1.54) is 0 Å². The third kappa shape index (κ3) is 5.96. The van der Waals surface area contributed by atoms with Crippen molar-refractivity contribution >= 4 is 0 Å². The van der Waals surface area contributed by atoms with Gasteiger partial charge in [-0.15, -0.1) is 0 Å². The predicted molar refractivity (Wildman–Crippen MR) is 106 cm³/mol. The van der Waals surface area contributed by atoms with Crippen LogP contribution in [0.1, 0.15) is 12.8 Å². The highest BCUT2D eigenvalue weighted by molar-refractivity contribution is 5.39. The predicted octanol–water partition coefficient (Wildman–Crippen LogP) is 5.73. The van der Waals surface area contributed by atoms with Gasteiger partial charge in [0.2, 0.25) is 0 Å². The highest BCUT2D eigenvalue weighted by Crippen LogP contribution is 2.26. The Morgan fingerprint density at radius 2 is 1.22 bits per heavy atom. The van der Waals surface area contributed by atoms with Crippen molar-refractivity contribution in [3.63, 3.8) is 0 Å². The first-order valence-corrected chi connectivity index (χ1v) is 9.07. The summed E-state index contributed by atoms with van der Waals surface area (Å²) in [4.78, 5) is 0. The molecule has 140 valence electrons. The van der Waals surface area contributed by atoms with Crippen molar-refractivity contribution in [3.8, 4) is 28.7 Å². The van der Waals surface area contributed by atoms with Crippen LogP contribution in [0.15, 0.2) is 78.9 Å². The molecule has 0 N–H and O–H groups in total. The summed E-state index contributed by atoms with van der Waals surface area (Å²) in [6, 6.07) is 25.1. The minimum atomic E-state index is 0.626. The van der Waals surface area contributed by atoms with Crippen LogP contribution in [0.4, 0.5) is 0 Å². The molecule has 0 saturated heterocycles. The molecule has 0 unspecified atom stereocenters. The molecule has 0 aromatic heterocycles. The second-order valence-corrected chi connectivity index (χ2v) is 5.94. The SMILES string of the molecule is COc1ccccc1OCCCCOc1cccc(Oc2ccccc2)c1. The molecule has 0 aliphatic heterocycles. The summed E-state index contributed by atoms with van der Waals surface area (Å²) in [5.41, 5.74) is 0. The zero-order valence-corrected chi connectivity index (χ0v) is 15.5. The molecule has 0 fully saturated rings. The van der Waals surface area contributed by atoms with Gasteiger partial charge in [0.25, 0.3) is 0 Å². The van der Waals surface area contributed by atoms with Crippen molar-refractivity contribution in [2.45, 2.75) is 12.8 Å². The molecule has 3 aromatic rings. The molecule has 0 bridgehead atoms. The van der Waals surface area contributed by atoms with E-state index in [0.717, 1.165) is 41.6 Å². The highest BCUT2D eigenvalue weighted by Gasteiger charge is 2.03. The van der Waals surface area contributed by atoms with Crippen molar-refractivity contribution < 1.29 is 18.9 Å². The van der Waals surface area contributed by atoms with Crippen molar-refractivity contribution in [1.29, 1.82) is 0 Å². The van der Waals surface area contributed by atoms with Crippen molar-refractivity contribution in [3.05, 3.63) is 78.9 Å². The van der Waals surface area contributed by atoms with Gasteiger partial charge in [-0.2, -0.15) is 0 Å². The Balaban J connectivity index is 1.38. The van der Waals surface area contributed by atoms with Crippen LogP contribution in [0.2, 0.25) is 0 Å². The van der Waals surface area contributed by atoms with E-state index in [2.05, 4.69) is 0 Å². The number of unbranched alkanes of at least 4 members (excludes halogenated alkanes) is 1. The smallest absolute Gasteiger partial charge is 0.161 e. The second-order valence-electron chi connectivity index (χ2n) is 5.94. The van der Waals surface area contributed by atoms with E-state index in [1.54, 1.807) is 7.11 Å². The molecule has 0 aliphatic rings. The first kappa shape index (κ1) is 18.6. The molecule has 3 aromatic carbocycles. The Kier molecular flexibility index (Phi) is 6.99. The monoisotopic (exact) mass is 364 g/mol. The van der Waals surface area contributed by atoms with Crippen LogP contribution in [0.25, 0.3) is 0 Å². The van der Waals surface area contributed by atoms with Crippen LogP contribution < -0.4 is 18.9 Å². The molecule has 4 nitrogen and oxygen atoms in total. The number of rotatable bonds is 10. The maximum Gasteiger partial charge on any atom is 0.161 e. The van der Waals surface area contributed by atoms with Gasteiger partial charge < -0.3 is 18.9 Å². The maximum atomic E-state index is 5.82. The van der Waals surface area contributed by atoms with Crippen LogP contribution in [-0.2, 0) is 0 Å². The lowest BCUT2D eigenvalue weighted by Gasteiger charge is -2.11. The van der Waals surface area contributed by atoms with Gasteiger partial charge in [0.05, 0.1) is 20.3 Å². The van der Waals surface area contributed by atoms with Gasteiger partial charge in [0.15, 0.2) is 11.5 Å². The van der Waals surface area contributed by atoms with Gasteiger partial charge in [-0.25, -0.2) is 0 Å². The van der Waals surface area contributed by atoms with E-state index >= 15 is 0 Å². The number of benzene rings is 3. The van der Waals surface area contributed by atoms with Gasteiger partial charge in [-0.1, -0.05) is 36.4 Å². The molecule has 0 amide bonds. The minimum absolute atomic E-state index is 0.626. The molecule has 0 atom stereocenters. The molecule has 0 spiro atoms. The third-order valence-electron chi connectivity index (χ3n) is 3.92. The summed E-state index contributed by atoms with van der Waals surface area (Å²) in [5, 5.41) is 0. The summed E-state index contributed by atoms with van der Waals surface area (Å²) in [7, 11) is 1.64. The van der Waals surface area contributed by atoms with E-state index in [9.17, 15) is 0 Å². The van der Waals surface area contributed by atoms with E-state index in [0.29, 0.717) is 13.2 Å². The highest BCUT2D eigenvalue weighted by atomic mass is 16.5. The topological polar surface area (TPSA) is 36.9 Å². The van der Waals surface area contributed by atoms with E-state index in [1.807, 2.05) is 78.9 Å². The minimum Gasteiger partial charge on any atom is -0.493 e. The summed E-state index contributed by atoms with van der Waals surface area (Å²) in [5.74, 6) is 3.89. The van der Waals surface area contributed by atoms with E-state index in [-0.39, 0.29) is 0 Å². The van der Waals surface area contributed by atoms with Gasteiger partial charge in [-0.05, 0) is 49.2 Å². The first-order valence-electron chi connectivity index (χ1n) is 9.07. The standard InChI is InChI=1S/C23H24O4/c1-24-22-14-5-6-15-23(22)26-17-8-7-16-25-20-12-9-13-21(18-20)27-19-10-3-2-4-11-19/h2-6,9-15,18H,7-8,16-17H2,1H3. The van der Waals surface area contributed by atoms with Crippen LogP contribution >= 0.6 is 0 Å². The number of methoxy groups -OCH3 is 1. The molecular weight excluding hydrogens is 340 g/mol. The fourth-order valence-corrected chi connectivity index (χ4v) is 2.57. The normalized spacial score (nSPS) is 10.3. The van der Waals surface area contributed by atoms with Gasteiger partial charge in [-0.3, -0.25) is 0 Å². The fraction of sp³-hybridized carbons (Fsp3) is 0.217. The van der Waals surface area contributed by atoms with Crippen LogP contribution in [0, 0.1) is 0 Å². The van der Waals surface area contributed by atoms with Gasteiger partial charge in [0.1, 0.15) is 17.2 Å². The zero-order chi connectivity index (χ0) is 18.7. The second kappa shape index (κ2) is 10.1. The average molecular weight is 364 g/mol. The van der Waals surface area contributed by atoms with Gasteiger partial charge >= 0.3 is 0 Å². The first-order chi connectivity index (χ1) is 13.3. The van der Waals surface area contributed by atoms with Crippen LogP contribution in [-0.4, -0.2) is 20.3 Å². The maximum absolute atomic E-state index is 5.82. The van der Waals surface area contributed by atoms with Crippen molar-refractivity contribution in [2.75, 3.05) is 20.3 Å². The number of ether oxygens (including phenoxy) is 4.